The lowest BCUT2D eigenvalue weighted by molar-refractivity contribution is -0.116. The molecule has 0 aliphatic heterocycles. The van der Waals surface area contributed by atoms with Gasteiger partial charge in [0.05, 0.1) is 18.4 Å². The van der Waals surface area contributed by atoms with Crippen LogP contribution in [0.3, 0.4) is 0 Å². The predicted molar refractivity (Wildman–Crippen MR) is 85.7 cm³/mol. The highest BCUT2D eigenvalue weighted by atomic mass is 16.1. The third-order valence-corrected chi connectivity index (χ3v) is 3.54. The second-order valence-electron chi connectivity index (χ2n) is 5.28. The fourth-order valence-electron chi connectivity index (χ4n) is 2.30. The van der Waals surface area contributed by atoms with Gasteiger partial charge < -0.3 is 5.32 Å². The van der Waals surface area contributed by atoms with E-state index >= 15 is 0 Å². The third kappa shape index (κ3) is 4.03. The summed E-state index contributed by atoms with van der Waals surface area (Å²) in [5, 5.41) is 11.2. The molecule has 3 rings (SSSR count). The Balaban J connectivity index is 1.52. The number of carbonyl (C=O) groups excluding carboxylic acids is 1. The number of hydrogen-bond acceptors (Lipinski definition) is 4. The Kier molecular flexibility index (Phi) is 4.46. The monoisotopic (exact) mass is 310 g/mol. The van der Waals surface area contributed by atoms with Crippen LogP contribution in [0.4, 0.5) is 5.69 Å². The van der Waals surface area contributed by atoms with Gasteiger partial charge in [-0.25, -0.2) is 0 Å². The van der Waals surface area contributed by atoms with E-state index in [-0.39, 0.29) is 5.91 Å². The van der Waals surface area contributed by atoms with Crippen LogP contribution in [-0.4, -0.2) is 30.5 Å². The average Bonchev–Trinajstić information content (AvgIpc) is 3.15. The molecule has 118 valence electrons. The summed E-state index contributed by atoms with van der Waals surface area (Å²) in [4.78, 5) is 16.0. The number of nitrogens with one attached hydrogen (secondary N) is 1. The summed E-state index contributed by atoms with van der Waals surface area (Å²) in [7, 11) is 1.87. The number of aryl methyl sites for hydroxylation is 2. The second kappa shape index (κ2) is 6.87. The highest BCUT2D eigenvalue weighted by Gasteiger charge is 2.07. The molecule has 0 fully saturated rings. The number of anilines is 1. The number of aromatic nitrogens is 5. The smallest absolute Gasteiger partial charge is 0.224 e. The molecule has 7 heteroatoms. The van der Waals surface area contributed by atoms with Gasteiger partial charge in [0.2, 0.25) is 5.91 Å². The first-order chi connectivity index (χ1) is 11.2. The Morgan fingerprint density at radius 1 is 1.17 bits per heavy atom. The first-order valence-electron chi connectivity index (χ1n) is 7.39. The van der Waals surface area contributed by atoms with Gasteiger partial charge in [0.1, 0.15) is 0 Å². The van der Waals surface area contributed by atoms with Crippen LogP contribution in [0.25, 0.3) is 0 Å². The molecular formula is C16H18N6O. The summed E-state index contributed by atoms with van der Waals surface area (Å²) in [6, 6.07) is 5.79. The van der Waals surface area contributed by atoms with Gasteiger partial charge in [-0.05, 0) is 30.2 Å². The average molecular weight is 310 g/mol. The van der Waals surface area contributed by atoms with E-state index in [2.05, 4.69) is 20.5 Å². The van der Waals surface area contributed by atoms with E-state index in [0.29, 0.717) is 25.1 Å². The first-order valence-corrected chi connectivity index (χ1v) is 7.39. The summed E-state index contributed by atoms with van der Waals surface area (Å²) < 4.78 is 3.56. The SMILES string of the molecule is Cn1nccc1CCC(=O)Nc1cnn(Cc2ccncc2)c1. The van der Waals surface area contributed by atoms with Gasteiger partial charge in [-0.2, -0.15) is 10.2 Å². The molecule has 0 spiro atoms. The van der Waals surface area contributed by atoms with Crippen molar-refractivity contribution >= 4 is 11.6 Å². The van der Waals surface area contributed by atoms with E-state index in [9.17, 15) is 4.79 Å². The number of rotatable bonds is 6. The summed E-state index contributed by atoms with van der Waals surface area (Å²) in [5.74, 6) is -0.0327. The number of carbonyl (C=O) groups is 1. The molecular weight excluding hydrogens is 292 g/mol. The van der Waals surface area contributed by atoms with Gasteiger partial charge in [-0.15, -0.1) is 0 Å². The van der Waals surface area contributed by atoms with Crippen molar-refractivity contribution in [1.82, 2.24) is 24.5 Å². The summed E-state index contributed by atoms with van der Waals surface area (Å²) in [5.41, 5.74) is 2.85. The van der Waals surface area contributed by atoms with Crippen molar-refractivity contribution in [3.05, 3.63) is 60.4 Å². The summed E-state index contributed by atoms with van der Waals surface area (Å²) >= 11 is 0. The minimum Gasteiger partial charge on any atom is -0.323 e. The van der Waals surface area contributed by atoms with Crippen molar-refractivity contribution in [3.8, 4) is 0 Å². The van der Waals surface area contributed by atoms with E-state index in [0.717, 1.165) is 11.3 Å². The Labute approximate surface area is 134 Å². The van der Waals surface area contributed by atoms with Crippen LogP contribution < -0.4 is 5.32 Å². The zero-order chi connectivity index (χ0) is 16.1. The standard InChI is InChI=1S/C16H18N6O/c1-21-15(6-9-18-21)2-3-16(23)20-14-10-19-22(12-14)11-13-4-7-17-8-5-13/h4-10,12H,2-3,11H2,1H3,(H,20,23). The number of hydrogen-bond donors (Lipinski definition) is 1. The van der Waals surface area contributed by atoms with Crippen molar-refractivity contribution in [2.75, 3.05) is 5.32 Å². The fourth-order valence-corrected chi connectivity index (χ4v) is 2.30. The van der Waals surface area contributed by atoms with E-state index in [1.165, 1.54) is 0 Å². The number of nitrogens with zero attached hydrogens (tertiary/aromatic N) is 5. The topological polar surface area (TPSA) is 77.6 Å². The van der Waals surface area contributed by atoms with Crippen LogP contribution in [0.15, 0.2) is 49.2 Å². The van der Waals surface area contributed by atoms with E-state index < -0.39 is 0 Å². The largest absolute Gasteiger partial charge is 0.323 e. The zero-order valence-electron chi connectivity index (χ0n) is 12.9. The highest BCUT2D eigenvalue weighted by Crippen LogP contribution is 2.09. The molecule has 0 atom stereocenters. The second-order valence-corrected chi connectivity index (χ2v) is 5.28. The zero-order valence-corrected chi connectivity index (χ0v) is 12.9. The molecule has 3 aromatic rings. The van der Waals surface area contributed by atoms with E-state index in [1.54, 1.807) is 34.2 Å². The summed E-state index contributed by atoms with van der Waals surface area (Å²) in [6.45, 7) is 0.646. The van der Waals surface area contributed by atoms with Crippen LogP contribution in [0.2, 0.25) is 0 Å². The molecule has 0 bridgehead atoms. The molecule has 3 aromatic heterocycles. The molecule has 1 amide bonds. The molecule has 0 unspecified atom stereocenters. The van der Waals surface area contributed by atoms with Crippen molar-refractivity contribution < 1.29 is 4.79 Å². The maximum Gasteiger partial charge on any atom is 0.224 e. The molecule has 0 saturated carbocycles. The molecule has 0 aliphatic carbocycles. The predicted octanol–water partition coefficient (Wildman–Crippen LogP) is 1.63. The minimum atomic E-state index is -0.0327. The van der Waals surface area contributed by atoms with Gasteiger partial charge in [-0.3, -0.25) is 19.1 Å². The molecule has 0 radical (unpaired) electrons. The number of pyridine rings is 1. The maximum absolute atomic E-state index is 12.0. The van der Waals surface area contributed by atoms with Crippen molar-refractivity contribution in [2.45, 2.75) is 19.4 Å². The molecule has 1 N–H and O–H groups in total. The molecule has 7 nitrogen and oxygen atoms in total. The molecule has 23 heavy (non-hydrogen) atoms. The van der Waals surface area contributed by atoms with E-state index in [4.69, 9.17) is 0 Å². The Bertz CT molecular complexity index is 777. The van der Waals surface area contributed by atoms with Gasteiger partial charge in [-0.1, -0.05) is 0 Å². The minimum absolute atomic E-state index is 0.0327. The van der Waals surface area contributed by atoms with Gasteiger partial charge >= 0.3 is 0 Å². The quantitative estimate of drug-likeness (QED) is 0.750. The first kappa shape index (κ1) is 15.0. The van der Waals surface area contributed by atoms with Crippen molar-refractivity contribution in [1.29, 1.82) is 0 Å². The third-order valence-electron chi connectivity index (χ3n) is 3.54. The van der Waals surface area contributed by atoms with Crippen LogP contribution in [0.5, 0.6) is 0 Å². The van der Waals surface area contributed by atoms with Crippen LogP contribution in [0.1, 0.15) is 17.7 Å². The van der Waals surface area contributed by atoms with Gasteiger partial charge in [0.25, 0.3) is 0 Å². The van der Waals surface area contributed by atoms with Crippen molar-refractivity contribution in [3.63, 3.8) is 0 Å². The van der Waals surface area contributed by atoms with Crippen LogP contribution in [0, 0.1) is 0 Å². The van der Waals surface area contributed by atoms with E-state index in [1.807, 2.05) is 31.4 Å². The molecule has 3 heterocycles. The highest BCUT2D eigenvalue weighted by molar-refractivity contribution is 5.90. The summed E-state index contributed by atoms with van der Waals surface area (Å²) in [6.07, 6.45) is 9.78. The molecule has 0 saturated heterocycles. The maximum atomic E-state index is 12.0. The van der Waals surface area contributed by atoms with Crippen LogP contribution in [-0.2, 0) is 24.8 Å². The normalized spacial score (nSPS) is 10.7. The van der Waals surface area contributed by atoms with Crippen molar-refractivity contribution in [2.24, 2.45) is 7.05 Å². The lowest BCUT2D eigenvalue weighted by Crippen LogP contribution is -2.13. The molecule has 0 aliphatic rings. The Morgan fingerprint density at radius 3 is 2.74 bits per heavy atom. The lowest BCUT2D eigenvalue weighted by atomic mass is 10.2. The Morgan fingerprint density at radius 2 is 2.00 bits per heavy atom. The molecule has 0 aromatic carbocycles. The number of amides is 1. The van der Waals surface area contributed by atoms with Gasteiger partial charge in [0.15, 0.2) is 0 Å². The van der Waals surface area contributed by atoms with Gasteiger partial charge in [0, 0.05) is 43.9 Å². The van der Waals surface area contributed by atoms with Crippen LogP contribution >= 0.6 is 0 Å². The fraction of sp³-hybridized carbons (Fsp3) is 0.250. The lowest BCUT2D eigenvalue weighted by Gasteiger charge is -2.03. The Hall–Kier alpha value is -2.96.